The number of unbranched alkanes of at least 4 members (excludes halogenated alkanes) is 12. The molecule has 168 valence electrons. The van der Waals surface area contributed by atoms with Gasteiger partial charge in [-0.3, -0.25) is 4.79 Å². The van der Waals surface area contributed by atoms with Gasteiger partial charge in [-0.15, -0.1) is 0 Å². The minimum atomic E-state index is -0.261. The Kier molecular flexibility index (Phi) is 18.1. The van der Waals surface area contributed by atoms with Crippen molar-refractivity contribution in [2.75, 3.05) is 0 Å². The molecule has 0 aliphatic carbocycles. The number of esters is 1. The van der Waals surface area contributed by atoms with E-state index in [2.05, 4.69) is 34.6 Å². The molecule has 0 radical (unpaired) electrons. The van der Waals surface area contributed by atoms with Gasteiger partial charge in [0.25, 0.3) is 0 Å². The van der Waals surface area contributed by atoms with E-state index in [1.807, 2.05) is 0 Å². The van der Waals surface area contributed by atoms with Crippen LogP contribution in [0.4, 0.5) is 0 Å². The second kappa shape index (κ2) is 18.5. The molecule has 0 amide bonds. The van der Waals surface area contributed by atoms with Gasteiger partial charge >= 0.3 is 5.97 Å². The molecule has 1 atom stereocenters. The number of hydrogen-bond donors (Lipinski definition) is 0. The van der Waals surface area contributed by atoms with Gasteiger partial charge in [-0.05, 0) is 38.5 Å². The van der Waals surface area contributed by atoms with Crippen molar-refractivity contribution >= 4 is 5.97 Å². The number of carbonyl (C=O) groups is 1. The average molecular weight is 397 g/mol. The number of carbonyl (C=O) groups excluding carboxylic acids is 1. The Morgan fingerprint density at radius 3 is 1.64 bits per heavy atom. The van der Waals surface area contributed by atoms with Crippen LogP contribution >= 0.6 is 0 Å². The normalized spacial score (nSPS) is 13.6. The van der Waals surface area contributed by atoms with E-state index in [-0.39, 0.29) is 11.6 Å². The maximum absolute atomic E-state index is 12.2. The van der Waals surface area contributed by atoms with Crippen molar-refractivity contribution in [3.63, 3.8) is 0 Å². The molecule has 28 heavy (non-hydrogen) atoms. The SMILES string of the molecule is CCCCCCCCCCCCCCCC(=O)OC(C)(CC)CCCC(C)C. The van der Waals surface area contributed by atoms with E-state index in [9.17, 15) is 4.79 Å². The largest absolute Gasteiger partial charge is 0.459 e. The molecule has 0 saturated carbocycles. The Hall–Kier alpha value is -0.530. The fraction of sp³-hybridized carbons (Fsp3) is 0.962. The summed E-state index contributed by atoms with van der Waals surface area (Å²) in [4.78, 5) is 12.2. The van der Waals surface area contributed by atoms with Crippen LogP contribution in [0.25, 0.3) is 0 Å². The van der Waals surface area contributed by atoms with E-state index < -0.39 is 0 Å². The molecular formula is C26H52O2. The van der Waals surface area contributed by atoms with Crippen LogP contribution in [0.5, 0.6) is 0 Å². The van der Waals surface area contributed by atoms with Gasteiger partial charge in [-0.1, -0.05) is 111 Å². The molecule has 2 heteroatoms. The zero-order valence-corrected chi connectivity index (χ0v) is 20.1. The highest BCUT2D eigenvalue weighted by molar-refractivity contribution is 5.69. The Morgan fingerprint density at radius 2 is 1.21 bits per heavy atom. The topological polar surface area (TPSA) is 26.3 Å². The zero-order valence-electron chi connectivity index (χ0n) is 20.1. The molecular weight excluding hydrogens is 344 g/mol. The number of hydrogen-bond acceptors (Lipinski definition) is 2. The van der Waals surface area contributed by atoms with Crippen molar-refractivity contribution < 1.29 is 9.53 Å². The van der Waals surface area contributed by atoms with Crippen molar-refractivity contribution in [3.05, 3.63) is 0 Å². The van der Waals surface area contributed by atoms with Gasteiger partial charge in [0.05, 0.1) is 0 Å². The lowest BCUT2D eigenvalue weighted by atomic mass is 9.93. The van der Waals surface area contributed by atoms with Gasteiger partial charge in [0.15, 0.2) is 0 Å². The molecule has 0 aromatic carbocycles. The summed E-state index contributed by atoms with van der Waals surface area (Å²) in [6.07, 6.45) is 22.2. The van der Waals surface area contributed by atoms with E-state index in [1.165, 1.54) is 83.5 Å². The summed E-state index contributed by atoms with van der Waals surface area (Å²) in [7, 11) is 0. The summed E-state index contributed by atoms with van der Waals surface area (Å²) >= 11 is 0. The molecule has 0 aliphatic heterocycles. The fourth-order valence-corrected chi connectivity index (χ4v) is 3.80. The monoisotopic (exact) mass is 396 g/mol. The summed E-state index contributed by atoms with van der Waals surface area (Å²) < 4.78 is 5.84. The van der Waals surface area contributed by atoms with Gasteiger partial charge in [0.2, 0.25) is 0 Å². The summed E-state index contributed by atoms with van der Waals surface area (Å²) in [5.74, 6) is 0.736. The Bertz CT molecular complexity index is 350. The highest BCUT2D eigenvalue weighted by Crippen LogP contribution is 2.25. The Labute approximate surface area is 177 Å². The molecule has 0 heterocycles. The van der Waals surface area contributed by atoms with E-state index in [1.54, 1.807) is 0 Å². The average Bonchev–Trinajstić information content (AvgIpc) is 2.65. The lowest BCUT2D eigenvalue weighted by Crippen LogP contribution is -2.31. The second-order valence-corrected chi connectivity index (χ2v) is 9.56. The first kappa shape index (κ1) is 27.5. The van der Waals surface area contributed by atoms with Crippen LogP contribution in [0.2, 0.25) is 0 Å². The van der Waals surface area contributed by atoms with Crippen LogP contribution in [-0.2, 0) is 9.53 Å². The van der Waals surface area contributed by atoms with Crippen molar-refractivity contribution in [2.45, 2.75) is 156 Å². The second-order valence-electron chi connectivity index (χ2n) is 9.56. The minimum Gasteiger partial charge on any atom is -0.459 e. The smallest absolute Gasteiger partial charge is 0.306 e. The maximum atomic E-state index is 12.2. The summed E-state index contributed by atoms with van der Waals surface area (Å²) in [5, 5.41) is 0. The number of ether oxygens (including phenoxy) is 1. The van der Waals surface area contributed by atoms with Crippen molar-refractivity contribution in [2.24, 2.45) is 5.92 Å². The molecule has 0 saturated heterocycles. The quantitative estimate of drug-likeness (QED) is 0.151. The van der Waals surface area contributed by atoms with E-state index in [0.29, 0.717) is 6.42 Å². The van der Waals surface area contributed by atoms with Crippen LogP contribution < -0.4 is 0 Å². The molecule has 0 rings (SSSR count). The molecule has 0 aromatic rings. The predicted molar refractivity (Wildman–Crippen MR) is 124 cm³/mol. The third-order valence-corrected chi connectivity index (χ3v) is 6.08. The molecule has 0 bridgehead atoms. The molecule has 0 fully saturated rings. The maximum Gasteiger partial charge on any atom is 0.306 e. The van der Waals surface area contributed by atoms with Crippen LogP contribution in [0, 0.1) is 5.92 Å². The van der Waals surface area contributed by atoms with E-state index in [4.69, 9.17) is 4.74 Å². The van der Waals surface area contributed by atoms with Crippen molar-refractivity contribution in [3.8, 4) is 0 Å². The van der Waals surface area contributed by atoms with Crippen molar-refractivity contribution in [1.82, 2.24) is 0 Å². The predicted octanol–water partition coefficient (Wildman–Crippen LogP) is 9.01. The molecule has 2 nitrogen and oxygen atoms in total. The first-order chi connectivity index (χ1) is 13.4. The Balaban J connectivity index is 3.55. The van der Waals surface area contributed by atoms with Crippen LogP contribution in [0.15, 0.2) is 0 Å². The Morgan fingerprint density at radius 1 is 0.750 bits per heavy atom. The first-order valence-corrected chi connectivity index (χ1v) is 12.7. The number of rotatable bonds is 20. The summed E-state index contributed by atoms with van der Waals surface area (Å²) in [5.41, 5.74) is -0.261. The van der Waals surface area contributed by atoms with Gasteiger partial charge in [-0.25, -0.2) is 0 Å². The van der Waals surface area contributed by atoms with Gasteiger partial charge in [-0.2, -0.15) is 0 Å². The molecule has 0 N–H and O–H groups in total. The zero-order chi connectivity index (χ0) is 21.1. The molecule has 0 spiro atoms. The van der Waals surface area contributed by atoms with E-state index in [0.717, 1.165) is 31.6 Å². The lowest BCUT2D eigenvalue weighted by molar-refractivity contribution is -0.159. The van der Waals surface area contributed by atoms with Gasteiger partial charge in [0.1, 0.15) is 5.60 Å². The van der Waals surface area contributed by atoms with Crippen LogP contribution in [0.3, 0.4) is 0 Å². The van der Waals surface area contributed by atoms with E-state index >= 15 is 0 Å². The third kappa shape index (κ3) is 17.6. The van der Waals surface area contributed by atoms with Crippen LogP contribution in [0.1, 0.15) is 150 Å². The highest BCUT2D eigenvalue weighted by Gasteiger charge is 2.26. The molecule has 0 aromatic heterocycles. The highest BCUT2D eigenvalue weighted by atomic mass is 16.6. The third-order valence-electron chi connectivity index (χ3n) is 6.08. The molecule has 0 aliphatic rings. The summed E-state index contributed by atoms with van der Waals surface area (Å²) in [6.45, 7) is 11.0. The minimum absolute atomic E-state index is 0.0111. The standard InChI is InChI=1S/C26H52O2/c1-6-8-9-10-11-12-13-14-15-16-17-18-19-22-25(27)28-26(5,7-2)23-20-21-24(3)4/h24H,6-23H2,1-5H3. The first-order valence-electron chi connectivity index (χ1n) is 12.7. The van der Waals surface area contributed by atoms with Crippen LogP contribution in [-0.4, -0.2) is 11.6 Å². The lowest BCUT2D eigenvalue weighted by Gasteiger charge is -2.29. The molecule has 1 unspecified atom stereocenters. The van der Waals surface area contributed by atoms with Crippen molar-refractivity contribution in [1.29, 1.82) is 0 Å². The van der Waals surface area contributed by atoms with Gasteiger partial charge in [0, 0.05) is 6.42 Å². The van der Waals surface area contributed by atoms with Gasteiger partial charge < -0.3 is 4.74 Å². The summed E-state index contributed by atoms with van der Waals surface area (Å²) in [6, 6.07) is 0. The fourth-order valence-electron chi connectivity index (χ4n) is 3.80.